The maximum Gasteiger partial charge on any atom is 0.246 e. The van der Waals surface area contributed by atoms with Crippen molar-refractivity contribution in [2.75, 3.05) is 18.4 Å². The summed E-state index contributed by atoms with van der Waals surface area (Å²) in [5.41, 5.74) is 7.69. The van der Waals surface area contributed by atoms with E-state index >= 15 is 0 Å². The smallest absolute Gasteiger partial charge is 0.246 e. The zero-order valence-electron chi connectivity index (χ0n) is 33.6. The fourth-order valence-electron chi connectivity index (χ4n) is 7.16. The van der Waals surface area contributed by atoms with Crippen molar-refractivity contribution < 1.29 is 23.9 Å². The van der Waals surface area contributed by atoms with E-state index in [0.717, 1.165) is 44.1 Å². The van der Waals surface area contributed by atoms with Crippen LogP contribution in [0.25, 0.3) is 27.2 Å². The third-order valence-corrected chi connectivity index (χ3v) is 11.4. The van der Waals surface area contributed by atoms with E-state index in [9.17, 15) is 19.5 Å². The Morgan fingerprint density at radius 1 is 0.983 bits per heavy atom. The number of hydrogen-bond acceptors (Lipinski definition) is 12. The molecule has 1 aliphatic heterocycles. The standard InChI is InChI=1S/C43H50N10O5S/c1-27-37(59-26-48-27)31-15-11-29(12-16-31)21-45-40(56)35-19-32(54)24-52(35)41(57)38(43(2,3)4)50-36(55)8-5-17-44-20-28-9-13-30(14-10-28)34-23-47-42(53-25-49-51-39(34)53)46-22-33-7-6-18-58-33/h6-7,9-16,18,23,25-26,32,35,38,44,54H,5,8,17,19-22,24H2,1-4H3,(H,45,56)(H,46,47)(H,50,55). The van der Waals surface area contributed by atoms with Crippen LogP contribution in [-0.2, 0) is 34.0 Å². The van der Waals surface area contributed by atoms with Crippen molar-refractivity contribution in [3.05, 3.63) is 108 Å². The number of β-amino-alcohol motifs (C(OH)–C–C–N with tert-alkyl or cyclic N) is 1. The molecule has 6 aromatic rings. The first-order chi connectivity index (χ1) is 28.4. The molecule has 3 unspecified atom stereocenters. The van der Waals surface area contributed by atoms with Gasteiger partial charge in [0.15, 0.2) is 5.65 Å². The molecule has 16 heteroatoms. The number of carbonyl (C=O) groups is 3. The van der Waals surface area contributed by atoms with Crippen LogP contribution in [0.2, 0.25) is 0 Å². The van der Waals surface area contributed by atoms with Crippen LogP contribution in [-0.4, -0.2) is 83.6 Å². The number of likely N-dealkylation sites (tertiary alicyclic amines) is 1. The van der Waals surface area contributed by atoms with Gasteiger partial charge in [-0.25, -0.2) is 9.97 Å². The lowest BCUT2D eigenvalue weighted by molar-refractivity contribution is -0.144. The minimum absolute atomic E-state index is 0.0197. The molecular formula is C43H50N10O5S. The molecule has 1 fully saturated rings. The second-order valence-corrected chi connectivity index (χ2v) is 16.7. The van der Waals surface area contributed by atoms with Gasteiger partial charge in [-0.05, 0) is 59.7 Å². The highest BCUT2D eigenvalue weighted by Crippen LogP contribution is 2.29. The third kappa shape index (κ3) is 10.0. The van der Waals surface area contributed by atoms with E-state index in [-0.39, 0.29) is 43.7 Å². The van der Waals surface area contributed by atoms with Gasteiger partial charge >= 0.3 is 0 Å². The number of fused-ring (bicyclic) bond motifs is 1. The lowest BCUT2D eigenvalue weighted by Gasteiger charge is -2.35. The number of aliphatic hydroxyl groups is 1. The number of aryl methyl sites for hydroxylation is 1. The average molecular weight is 819 g/mol. The minimum atomic E-state index is -0.881. The molecule has 5 N–H and O–H groups in total. The summed E-state index contributed by atoms with van der Waals surface area (Å²) in [6.07, 6.45) is 5.09. The molecule has 7 rings (SSSR count). The summed E-state index contributed by atoms with van der Waals surface area (Å²) in [6.45, 7) is 9.59. The van der Waals surface area contributed by atoms with E-state index in [0.29, 0.717) is 37.7 Å². The highest BCUT2D eigenvalue weighted by Gasteiger charge is 2.44. The highest BCUT2D eigenvalue weighted by molar-refractivity contribution is 7.13. The van der Waals surface area contributed by atoms with E-state index in [4.69, 9.17) is 4.42 Å². The Kier molecular flexibility index (Phi) is 12.8. The summed E-state index contributed by atoms with van der Waals surface area (Å²) in [6, 6.07) is 18.0. The van der Waals surface area contributed by atoms with Gasteiger partial charge in [-0.3, -0.25) is 18.8 Å². The second kappa shape index (κ2) is 18.3. The topological polar surface area (TPSA) is 192 Å². The van der Waals surface area contributed by atoms with Crippen LogP contribution >= 0.6 is 11.3 Å². The Hall–Kier alpha value is -5.97. The Balaban J connectivity index is 0.869. The Bertz CT molecular complexity index is 2350. The number of hydrogen-bond donors (Lipinski definition) is 5. The zero-order valence-corrected chi connectivity index (χ0v) is 34.5. The monoisotopic (exact) mass is 818 g/mol. The summed E-state index contributed by atoms with van der Waals surface area (Å²) in [5, 5.41) is 31.5. The van der Waals surface area contributed by atoms with Crippen LogP contribution < -0.4 is 21.3 Å². The third-order valence-electron chi connectivity index (χ3n) is 10.4. The summed E-state index contributed by atoms with van der Waals surface area (Å²) in [5.74, 6) is 0.424. The quantitative estimate of drug-likeness (QED) is 0.0816. The molecule has 15 nitrogen and oxygen atoms in total. The molecule has 0 spiro atoms. The Morgan fingerprint density at radius 2 is 1.73 bits per heavy atom. The number of thiazole rings is 1. The highest BCUT2D eigenvalue weighted by atomic mass is 32.1. The number of nitrogens with one attached hydrogen (secondary N) is 4. The van der Waals surface area contributed by atoms with Crippen molar-refractivity contribution in [1.82, 2.24) is 45.4 Å². The SMILES string of the molecule is Cc1ncsc1-c1ccc(CNC(=O)C2CC(O)CN2C(=O)C(NC(=O)CCCNCc2ccc(-c3cnc(NCc4ccco4)n4cnnc34)cc2)C(C)(C)C)cc1. The normalized spacial score (nSPS) is 16.0. The number of anilines is 1. The van der Waals surface area contributed by atoms with E-state index in [1.807, 2.05) is 98.3 Å². The fourth-order valence-corrected chi connectivity index (χ4v) is 7.97. The molecule has 3 atom stereocenters. The van der Waals surface area contributed by atoms with Crippen LogP contribution in [0.3, 0.4) is 0 Å². The molecule has 2 aromatic carbocycles. The van der Waals surface area contributed by atoms with Crippen molar-refractivity contribution in [3.8, 4) is 21.6 Å². The van der Waals surface area contributed by atoms with Crippen LogP contribution in [0.1, 0.15) is 62.6 Å². The number of nitrogens with zero attached hydrogens (tertiary/aromatic N) is 6. The molecule has 0 saturated carbocycles. The van der Waals surface area contributed by atoms with Gasteiger partial charge in [0.1, 0.15) is 24.2 Å². The second-order valence-electron chi connectivity index (χ2n) is 15.9. The average Bonchev–Trinajstić information content (AvgIpc) is 4.07. The van der Waals surface area contributed by atoms with Gasteiger partial charge in [0, 0.05) is 44.2 Å². The molecule has 4 aromatic heterocycles. The van der Waals surface area contributed by atoms with E-state index in [1.165, 1.54) is 4.90 Å². The van der Waals surface area contributed by atoms with Gasteiger partial charge in [-0.2, -0.15) is 0 Å². The first-order valence-corrected chi connectivity index (χ1v) is 20.6. The van der Waals surface area contributed by atoms with Crippen molar-refractivity contribution in [2.45, 2.75) is 84.8 Å². The number of amides is 3. The predicted molar refractivity (Wildman–Crippen MR) is 225 cm³/mol. The number of rotatable bonds is 16. The first-order valence-electron chi connectivity index (χ1n) is 19.7. The van der Waals surface area contributed by atoms with Crippen LogP contribution in [0.15, 0.2) is 89.4 Å². The molecule has 0 radical (unpaired) electrons. The van der Waals surface area contributed by atoms with Crippen LogP contribution in [0, 0.1) is 12.3 Å². The number of furan rings is 1. The van der Waals surface area contributed by atoms with Crippen molar-refractivity contribution in [1.29, 1.82) is 0 Å². The number of aliphatic hydroxyl groups excluding tert-OH is 1. The summed E-state index contributed by atoms with van der Waals surface area (Å²) in [7, 11) is 0. The molecule has 5 heterocycles. The molecule has 1 aliphatic rings. The Morgan fingerprint density at radius 3 is 2.42 bits per heavy atom. The van der Waals surface area contributed by atoms with E-state index in [1.54, 1.807) is 30.1 Å². The lowest BCUT2D eigenvalue weighted by atomic mass is 9.85. The number of carbonyl (C=O) groups excluding carboxylic acids is 3. The molecule has 59 heavy (non-hydrogen) atoms. The van der Waals surface area contributed by atoms with E-state index in [2.05, 4.69) is 41.4 Å². The predicted octanol–water partition coefficient (Wildman–Crippen LogP) is 5.11. The van der Waals surface area contributed by atoms with E-state index < -0.39 is 23.6 Å². The zero-order chi connectivity index (χ0) is 41.5. The first kappa shape index (κ1) is 41.2. The van der Waals surface area contributed by atoms with Gasteiger partial charge in [0.25, 0.3) is 0 Å². The molecule has 3 amide bonds. The van der Waals surface area contributed by atoms with Gasteiger partial charge in [-0.1, -0.05) is 69.3 Å². The van der Waals surface area contributed by atoms with Crippen molar-refractivity contribution >= 4 is 40.7 Å². The number of benzene rings is 2. The molecule has 0 aliphatic carbocycles. The van der Waals surface area contributed by atoms with Gasteiger partial charge in [-0.15, -0.1) is 21.5 Å². The molecule has 0 bridgehead atoms. The maximum absolute atomic E-state index is 14.0. The summed E-state index contributed by atoms with van der Waals surface area (Å²) in [4.78, 5) is 52.1. The molecule has 308 valence electrons. The lowest BCUT2D eigenvalue weighted by Crippen LogP contribution is -2.57. The van der Waals surface area contributed by atoms with Crippen LogP contribution in [0.5, 0.6) is 0 Å². The van der Waals surface area contributed by atoms with Crippen LogP contribution in [0.4, 0.5) is 5.95 Å². The number of aromatic nitrogens is 5. The Labute approximate surface area is 346 Å². The summed E-state index contributed by atoms with van der Waals surface area (Å²) >= 11 is 1.58. The summed E-state index contributed by atoms with van der Waals surface area (Å²) < 4.78 is 7.22. The molecule has 1 saturated heterocycles. The largest absolute Gasteiger partial charge is 0.467 e. The van der Waals surface area contributed by atoms with Gasteiger partial charge < -0.3 is 35.7 Å². The maximum atomic E-state index is 14.0. The fraction of sp³-hybridized carbons (Fsp3) is 0.372. The van der Waals surface area contributed by atoms with Crippen molar-refractivity contribution in [3.63, 3.8) is 0 Å². The molecular weight excluding hydrogens is 769 g/mol. The van der Waals surface area contributed by atoms with Crippen molar-refractivity contribution in [2.24, 2.45) is 5.41 Å². The van der Waals surface area contributed by atoms with Gasteiger partial charge in [0.2, 0.25) is 23.7 Å². The minimum Gasteiger partial charge on any atom is -0.467 e. The van der Waals surface area contributed by atoms with Gasteiger partial charge in [0.05, 0.1) is 35.0 Å².